The quantitative estimate of drug-likeness (QED) is 0.369. The van der Waals surface area contributed by atoms with Gasteiger partial charge in [0.15, 0.2) is 11.4 Å². The number of piperidine rings is 1. The molecule has 4 aromatic rings. The topological polar surface area (TPSA) is 59.9 Å². The molecule has 2 N–H and O–H groups in total. The Labute approximate surface area is 213 Å². The average Bonchev–Trinajstić information content (AvgIpc) is 3.42. The Morgan fingerprint density at radius 2 is 1.53 bits per heavy atom. The first-order valence-electron chi connectivity index (χ1n) is 13.0. The maximum Gasteiger partial charge on any atom is 0.236 e. The van der Waals surface area contributed by atoms with Gasteiger partial charge in [-0.05, 0) is 35.6 Å². The first-order chi connectivity index (χ1) is 17.7. The maximum atomic E-state index is 12.0. The lowest BCUT2D eigenvalue weighted by Gasteiger charge is -2.35. The third-order valence-electron chi connectivity index (χ3n) is 7.49. The number of hydrogen-bond acceptors (Lipinski definition) is 4. The van der Waals surface area contributed by atoms with Crippen LogP contribution in [0.15, 0.2) is 102 Å². The summed E-state index contributed by atoms with van der Waals surface area (Å²) in [7, 11) is 0. The molecule has 5 heteroatoms. The van der Waals surface area contributed by atoms with Crippen molar-refractivity contribution in [2.45, 2.75) is 31.9 Å². The molecule has 1 saturated heterocycles. The molecule has 1 aliphatic rings. The van der Waals surface area contributed by atoms with Gasteiger partial charge in [0, 0.05) is 5.92 Å². The molecule has 5 nitrogen and oxygen atoms in total. The molecule has 3 atom stereocenters. The number of oxazole rings is 1. The summed E-state index contributed by atoms with van der Waals surface area (Å²) in [6.45, 7) is 5.88. The molecule has 0 radical (unpaired) electrons. The van der Waals surface area contributed by atoms with Gasteiger partial charge in [-0.1, -0.05) is 92.2 Å². The van der Waals surface area contributed by atoms with Crippen LogP contribution in [0.1, 0.15) is 42.5 Å². The van der Waals surface area contributed by atoms with Crippen LogP contribution in [0.25, 0.3) is 0 Å². The number of para-hydroxylation sites is 1. The molecular formula is C31H35N2O3+. The minimum absolute atomic E-state index is 0.307. The van der Waals surface area contributed by atoms with E-state index in [9.17, 15) is 5.11 Å². The van der Waals surface area contributed by atoms with Crippen LogP contribution >= 0.6 is 0 Å². The molecule has 0 saturated carbocycles. The zero-order valence-corrected chi connectivity index (χ0v) is 20.8. The second-order valence-corrected chi connectivity index (χ2v) is 9.80. The Morgan fingerprint density at radius 1 is 0.917 bits per heavy atom. The van der Waals surface area contributed by atoms with Gasteiger partial charge < -0.3 is 19.2 Å². The minimum atomic E-state index is -1.45. The third-order valence-corrected chi connectivity index (χ3v) is 7.49. The zero-order chi connectivity index (χ0) is 24.8. The summed E-state index contributed by atoms with van der Waals surface area (Å²) in [6.07, 6.45) is 4.12. The summed E-state index contributed by atoms with van der Waals surface area (Å²) in [4.78, 5) is 6.04. The lowest BCUT2D eigenvalue weighted by Crippen LogP contribution is -3.12. The van der Waals surface area contributed by atoms with Gasteiger partial charge in [0.1, 0.15) is 12.3 Å². The van der Waals surface area contributed by atoms with Crippen molar-refractivity contribution in [2.75, 3.05) is 19.7 Å². The van der Waals surface area contributed by atoms with Gasteiger partial charge >= 0.3 is 0 Å². The molecule has 1 fully saturated rings. The van der Waals surface area contributed by atoms with E-state index in [0.29, 0.717) is 17.7 Å². The monoisotopic (exact) mass is 483 g/mol. The van der Waals surface area contributed by atoms with Gasteiger partial charge in [-0.2, -0.15) is 0 Å². The van der Waals surface area contributed by atoms with E-state index in [2.05, 4.69) is 11.9 Å². The maximum absolute atomic E-state index is 12.0. The number of aliphatic hydroxyl groups is 1. The molecule has 3 aromatic carbocycles. The van der Waals surface area contributed by atoms with Crippen molar-refractivity contribution in [2.24, 2.45) is 11.8 Å². The summed E-state index contributed by atoms with van der Waals surface area (Å²) in [6, 6.07) is 29.3. The Balaban J connectivity index is 1.32. The van der Waals surface area contributed by atoms with Crippen LogP contribution in [0, 0.1) is 11.8 Å². The molecule has 36 heavy (non-hydrogen) atoms. The van der Waals surface area contributed by atoms with Crippen LogP contribution in [0.4, 0.5) is 0 Å². The van der Waals surface area contributed by atoms with Crippen molar-refractivity contribution in [1.29, 1.82) is 0 Å². The highest BCUT2D eigenvalue weighted by Crippen LogP contribution is 2.36. The Kier molecular flexibility index (Phi) is 7.49. The molecule has 0 amide bonds. The fourth-order valence-corrected chi connectivity index (χ4v) is 5.45. The van der Waals surface area contributed by atoms with Crippen molar-refractivity contribution in [3.63, 3.8) is 0 Å². The molecule has 3 unspecified atom stereocenters. The number of nitrogens with zero attached hydrogens (tertiary/aromatic N) is 1. The number of rotatable bonds is 9. The second-order valence-electron chi connectivity index (χ2n) is 9.80. The van der Waals surface area contributed by atoms with E-state index in [1.807, 2.05) is 91.0 Å². The highest BCUT2D eigenvalue weighted by molar-refractivity contribution is 5.41. The third kappa shape index (κ3) is 5.23. The fourth-order valence-electron chi connectivity index (χ4n) is 5.45. The summed E-state index contributed by atoms with van der Waals surface area (Å²) in [5, 5.41) is 12.0. The van der Waals surface area contributed by atoms with Crippen LogP contribution in [0.5, 0.6) is 5.75 Å². The standard InChI is InChI=1S/C31H34N2O3/c1-2-24-18-19-33(21-25(24)23-35-28-16-10-5-11-17-28)22-29-20-32-30(36-29)31(34,26-12-6-3-7-13-26)27-14-8-4-9-15-27/h3-17,20,24-25,34H,2,18-19,21-23H2,1H3/p+1. The number of likely N-dealkylation sites (tertiary alicyclic amines) is 1. The van der Waals surface area contributed by atoms with Crippen molar-refractivity contribution in [1.82, 2.24) is 4.98 Å². The van der Waals surface area contributed by atoms with Gasteiger partial charge in [-0.3, -0.25) is 0 Å². The lowest BCUT2D eigenvalue weighted by atomic mass is 9.84. The number of quaternary nitrogens is 1. The predicted octanol–water partition coefficient (Wildman–Crippen LogP) is 4.47. The Hall–Kier alpha value is -3.41. The SMILES string of the molecule is CCC1CC[NH+](Cc2cnc(C(O)(c3ccccc3)c3ccccc3)o2)CC1COc1ccccc1. The van der Waals surface area contributed by atoms with Crippen LogP contribution < -0.4 is 9.64 Å². The summed E-state index contributed by atoms with van der Waals surface area (Å²) in [5.41, 5.74) is 0.0230. The number of hydrogen-bond donors (Lipinski definition) is 2. The summed E-state index contributed by atoms with van der Waals surface area (Å²) >= 11 is 0. The van der Waals surface area contributed by atoms with Crippen molar-refractivity contribution in [3.8, 4) is 5.75 Å². The van der Waals surface area contributed by atoms with E-state index in [4.69, 9.17) is 9.15 Å². The highest BCUT2D eigenvalue weighted by atomic mass is 16.5. The van der Waals surface area contributed by atoms with E-state index >= 15 is 0 Å². The molecule has 0 bridgehead atoms. The second kappa shape index (κ2) is 11.1. The highest BCUT2D eigenvalue weighted by Gasteiger charge is 2.39. The number of benzene rings is 3. The van der Waals surface area contributed by atoms with Crippen LogP contribution in [-0.2, 0) is 12.1 Å². The zero-order valence-electron chi connectivity index (χ0n) is 20.8. The van der Waals surface area contributed by atoms with E-state index in [-0.39, 0.29) is 0 Å². The van der Waals surface area contributed by atoms with Gasteiger partial charge in [-0.15, -0.1) is 0 Å². The van der Waals surface area contributed by atoms with E-state index in [1.54, 1.807) is 6.20 Å². The summed E-state index contributed by atoms with van der Waals surface area (Å²) < 4.78 is 12.4. The first-order valence-corrected chi connectivity index (χ1v) is 13.0. The Morgan fingerprint density at radius 3 is 2.14 bits per heavy atom. The van der Waals surface area contributed by atoms with Crippen LogP contribution in [0.3, 0.4) is 0 Å². The van der Waals surface area contributed by atoms with Gasteiger partial charge in [-0.25, -0.2) is 4.98 Å². The van der Waals surface area contributed by atoms with E-state index < -0.39 is 5.60 Å². The molecule has 186 valence electrons. The van der Waals surface area contributed by atoms with Crippen LogP contribution in [0.2, 0.25) is 0 Å². The van der Waals surface area contributed by atoms with Gasteiger partial charge in [0.05, 0.1) is 25.9 Å². The minimum Gasteiger partial charge on any atom is -0.493 e. The molecular weight excluding hydrogens is 448 g/mol. The molecule has 1 aromatic heterocycles. The van der Waals surface area contributed by atoms with Crippen LogP contribution in [-0.4, -0.2) is 29.8 Å². The number of nitrogens with one attached hydrogen (secondary N) is 1. The van der Waals surface area contributed by atoms with Crippen molar-refractivity contribution >= 4 is 0 Å². The van der Waals surface area contributed by atoms with E-state index in [1.165, 1.54) is 17.7 Å². The molecule has 1 aliphatic heterocycles. The molecule has 5 rings (SSSR count). The molecule has 0 spiro atoms. The normalized spacial score (nSPS) is 20.2. The summed E-state index contributed by atoms with van der Waals surface area (Å²) in [5.74, 6) is 3.20. The van der Waals surface area contributed by atoms with Gasteiger partial charge in [0.2, 0.25) is 5.89 Å². The average molecular weight is 484 g/mol. The largest absolute Gasteiger partial charge is 0.493 e. The number of aromatic nitrogens is 1. The number of ether oxygens (including phenoxy) is 1. The predicted molar refractivity (Wildman–Crippen MR) is 140 cm³/mol. The van der Waals surface area contributed by atoms with Crippen molar-refractivity contribution < 1.29 is 19.2 Å². The van der Waals surface area contributed by atoms with Gasteiger partial charge in [0.25, 0.3) is 0 Å². The lowest BCUT2D eigenvalue weighted by molar-refractivity contribution is -0.924. The Bertz CT molecular complexity index is 1170. The fraction of sp³-hybridized carbons (Fsp3) is 0.323. The van der Waals surface area contributed by atoms with E-state index in [0.717, 1.165) is 48.9 Å². The first kappa shape index (κ1) is 24.3. The smallest absolute Gasteiger partial charge is 0.236 e. The molecule has 0 aliphatic carbocycles. The van der Waals surface area contributed by atoms with Crippen molar-refractivity contribution in [3.05, 3.63) is 120 Å². The molecule has 2 heterocycles.